The van der Waals surface area contributed by atoms with Crippen LogP contribution in [0.15, 0.2) is 0 Å². The van der Waals surface area contributed by atoms with Crippen LogP contribution in [-0.4, -0.2) is 36.6 Å². The fourth-order valence-corrected chi connectivity index (χ4v) is 4.93. The van der Waals surface area contributed by atoms with Crippen LogP contribution in [0.2, 0.25) is 0 Å². The molecule has 3 aliphatic rings. The summed E-state index contributed by atoms with van der Waals surface area (Å²) in [5.74, 6) is 0. The Kier molecular flexibility index (Phi) is 5.04. The maximum atomic E-state index is 3.72. The van der Waals surface area contributed by atoms with Crippen LogP contribution in [0.4, 0.5) is 0 Å². The van der Waals surface area contributed by atoms with Crippen LogP contribution >= 0.6 is 0 Å². The van der Waals surface area contributed by atoms with Gasteiger partial charge in [-0.2, -0.15) is 0 Å². The van der Waals surface area contributed by atoms with E-state index >= 15 is 0 Å². The van der Waals surface area contributed by atoms with Gasteiger partial charge in [-0.1, -0.05) is 25.7 Å². The van der Waals surface area contributed by atoms with Gasteiger partial charge in [-0.3, -0.25) is 0 Å². The van der Waals surface area contributed by atoms with Gasteiger partial charge in [-0.15, -0.1) is 0 Å². The number of hydrogen-bond acceptors (Lipinski definition) is 2. The minimum Gasteiger partial charge on any atom is -0.314 e. The molecule has 0 aromatic heterocycles. The molecular weight excluding hydrogens is 244 g/mol. The molecule has 3 rings (SSSR count). The predicted octanol–water partition coefficient (Wildman–Crippen LogP) is 3.95. The highest BCUT2D eigenvalue weighted by atomic mass is 15.2. The van der Waals surface area contributed by atoms with Gasteiger partial charge in [0.25, 0.3) is 0 Å². The van der Waals surface area contributed by atoms with Gasteiger partial charge in [0.2, 0.25) is 0 Å². The Morgan fingerprint density at radius 1 is 1.00 bits per heavy atom. The minimum absolute atomic E-state index is 0.761. The molecular formula is C18H34N2. The summed E-state index contributed by atoms with van der Waals surface area (Å²) in [5.41, 5.74) is 0.761. The summed E-state index contributed by atoms with van der Waals surface area (Å²) in [6, 6.07) is 1.58. The molecule has 1 saturated carbocycles. The summed E-state index contributed by atoms with van der Waals surface area (Å²) in [5, 5.41) is 3.72. The minimum atomic E-state index is 0.761. The quantitative estimate of drug-likeness (QED) is 0.841. The van der Waals surface area contributed by atoms with Crippen molar-refractivity contribution in [2.24, 2.45) is 5.41 Å². The fraction of sp³-hybridized carbons (Fsp3) is 1.00. The lowest BCUT2D eigenvalue weighted by atomic mass is 9.68. The van der Waals surface area contributed by atoms with E-state index in [4.69, 9.17) is 0 Å². The summed E-state index contributed by atoms with van der Waals surface area (Å²) in [6.45, 7) is 6.46. The lowest BCUT2D eigenvalue weighted by molar-refractivity contribution is 0.0439. The molecule has 3 fully saturated rings. The van der Waals surface area contributed by atoms with Gasteiger partial charge in [-0.25, -0.2) is 0 Å². The van der Waals surface area contributed by atoms with Crippen molar-refractivity contribution in [1.29, 1.82) is 0 Å². The predicted molar refractivity (Wildman–Crippen MR) is 86.0 cm³/mol. The molecule has 0 amide bonds. The molecule has 2 heterocycles. The van der Waals surface area contributed by atoms with E-state index in [2.05, 4.69) is 17.1 Å². The van der Waals surface area contributed by atoms with E-state index in [1.165, 1.54) is 90.3 Å². The average molecular weight is 278 g/mol. The second-order valence-corrected chi connectivity index (χ2v) is 7.83. The zero-order valence-corrected chi connectivity index (χ0v) is 13.5. The number of nitrogens with one attached hydrogen (secondary N) is 1. The van der Waals surface area contributed by atoms with Crippen LogP contribution in [0.3, 0.4) is 0 Å². The standard InChI is InChI=1S/C18H34N2/c1-16(15-17-7-3-6-12-19-17)20-13-10-18(11-14-20)8-4-2-5-9-18/h16-17,19H,2-15H2,1H3. The highest BCUT2D eigenvalue weighted by molar-refractivity contribution is 4.90. The number of likely N-dealkylation sites (tertiary alicyclic amines) is 1. The third kappa shape index (κ3) is 3.57. The van der Waals surface area contributed by atoms with E-state index in [0.717, 1.165) is 17.5 Å². The Hall–Kier alpha value is -0.0800. The van der Waals surface area contributed by atoms with Gasteiger partial charge >= 0.3 is 0 Å². The molecule has 116 valence electrons. The van der Waals surface area contributed by atoms with Crippen molar-refractivity contribution in [1.82, 2.24) is 10.2 Å². The van der Waals surface area contributed by atoms with E-state index in [1.54, 1.807) is 0 Å². The monoisotopic (exact) mass is 278 g/mol. The first-order valence-corrected chi connectivity index (χ1v) is 9.25. The third-order valence-corrected chi connectivity index (χ3v) is 6.43. The Labute approximate surface area is 125 Å². The third-order valence-electron chi connectivity index (χ3n) is 6.43. The number of piperidine rings is 2. The highest BCUT2D eigenvalue weighted by Gasteiger charge is 2.36. The van der Waals surface area contributed by atoms with Crippen LogP contribution in [0.25, 0.3) is 0 Å². The molecule has 0 bridgehead atoms. The maximum absolute atomic E-state index is 3.72. The highest BCUT2D eigenvalue weighted by Crippen LogP contribution is 2.44. The maximum Gasteiger partial charge on any atom is 0.00818 e. The van der Waals surface area contributed by atoms with E-state index in [1.807, 2.05) is 0 Å². The molecule has 20 heavy (non-hydrogen) atoms. The SMILES string of the molecule is CC(CC1CCCCN1)N1CCC2(CCCCC2)CC1. The van der Waals surface area contributed by atoms with E-state index < -0.39 is 0 Å². The largest absolute Gasteiger partial charge is 0.314 e. The van der Waals surface area contributed by atoms with Crippen LogP contribution in [0.1, 0.15) is 77.6 Å². The molecule has 2 atom stereocenters. The number of rotatable bonds is 3. The number of nitrogens with zero attached hydrogens (tertiary/aromatic N) is 1. The molecule has 1 spiro atoms. The topological polar surface area (TPSA) is 15.3 Å². The summed E-state index contributed by atoms with van der Waals surface area (Å²) in [6.07, 6.45) is 16.1. The lowest BCUT2D eigenvalue weighted by Gasteiger charge is -2.46. The molecule has 2 saturated heterocycles. The molecule has 0 aromatic carbocycles. The molecule has 1 N–H and O–H groups in total. The normalized spacial score (nSPS) is 33.1. The molecule has 2 nitrogen and oxygen atoms in total. The van der Waals surface area contributed by atoms with Gasteiger partial charge in [0.1, 0.15) is 0 Å². The van der Waals surface area contributed by atoms with Crippen molar-refractivity contribution in [2.45, 2.75) is 89.6 Å². The first-order valence-electron chi connectivity index (χ1n) is 9.25. The van der Waals surface area contributed by atoms with Crippen molar-refractivity contribution < 1.29 is 0 Å². The van der Waals surface area contributed by atoms with E-state index in [9.17, 15) is 0 Å². The van der Waals surface area contributed by atoms with Gasteiger partial charge in [0, 0.05) is 12.1 Å². The van der Waals surface area contributed by atoms with Crippen LogP contribution < -0.4 is 5.32 Å². The average Bonchev–Trinajstić information content (AvgIpc) is 2.50. The smallest absolute Gasteiger partial charge is 0.00818 e. The van der Waals surface area contributed by atoms with Crippen molar-refractivity contribution in [3.05, 3.63) is 0 Å². The number of hydrogen-bond donors (Lipinski definition) is 1. The molecule has 1 aliphatic carbocycles. The molecule has 2 heteroatoms. The van der Waals surface area contributed by atoms with Gasteiger partial charge in [-0.05, 0) is 76.9 Å². The molecule has 0 aromatic rings. The van der Waals surface area contributed by atoms with E-state index in [0.29, 0.717) is 0 Å². The molecule has 2 unspecified atom stereocenters. The zero-order chi connectivity index (χ0) is 13.8. The lowest BCUT2D eigenvalue weighted by Crippen LogP contribution is -2.47. The Balaban J connectivity index is 1.44. The molecule has 0 radical (unpaired) electrons. The summed E-state index contributed by atoms with van der Waals surface area (Å²) < 4.78 is 0. The van der Waals surface area contributed by atoms with Gasteiger partial charge in [0.05, 0.1) is 0 Å². The summed E-state index contributed by atoms with van der Waals surface area (Å²) >= 11 is 0. The Morgan fingerprint density at radius 3 is 2.40 bits per heavy atom. The van der Waals surface area contributed by atoms with Crippen LogP contribution in [-0.2, 0) is 0 Å². The molecule has 2 aliphatic heterocycles. The fourth-order valence-electron chi connectivity index (χ4n) is 4.93. The van der Waals surface area contributed by atoms with Crippen molar-refractivity contribution in [2.75, 3.05) is 19.6 Å². The second-order valence-electron chi connectivity index (χ2n) is 7.83. The second kappa shape index (κ2) is 6.79. The van der Waals surface area contributed by atoms with Crippen LogP contribution in [0.5, 0.6) is 0 Å². The van der Waals surface area contributed by atoms with Crippen molar-refractivity contribution in [3.8, 4) is 0 Å². The Morgan fingerprint density at radius 2 is 1.75 bits per heavy atom. The summed E-state index contributed by atoms with van der Waals surface area (Å²) in [7, 11) is 0. The summed E-state index contributed by atoms with van der Waals surface area (Å²) in [4.78, 5) is 2.79. The zero-order valence-electron chi connectivity index (χ0n) is 13.5. The van der Waals surface area contributed by atoms with Gasteiger partial charge < -0.3 is 10.2 Å². The first kappa shape index (κ1) is 14.8. The van der Waals surface area contributed by atoms with E-state index in [-0.39, 0.29) is 0 Å². The van der Waals surface area contributed by atoms with Gasteiger partial charge in [0.15, 0.2) is 0 Å². The Bertz CT molecular complexity index is 280. The first-order chi connectivity index (χ1) is 9.77. The van der Waals surface area contributed by atoms with Crippen LogP contribution in [0, 0.1) is 5.41 Å². The van der Waals surface area contributed by atoms with Crippen molar-refractivity contribution in [3.63, 3.8) is 0 Å². The van der Waals surface area contributed by atoms with Crippen molar-refractivity contribution >= 4 is 0 Å².